The smallest absolute Gasteiger partial charge is 0.343 e. The fourth-order valence-corrected chi connectivity index (χ4v) is 3.89. The Kier molecular flexibility index (Phi) is 5.78. The third kappa shape index (κ3) is 4.23. The molecule has 0 saturated carbocycles. The summed E-state index contributed by atoms with van der Waals surface area (Å²) in [6.07, 6.45) is 0. The second kappa shape index (κ2) is 7.62. The predicted molar refractivity (Wildman–Crippen MR) is 78.9 cm³/mol. The number of aliphatic carboxylic acids is 1. The molecule has 0 unspecified atom stereocenters. The molecule has 0 aliphatic carbocycles. The van der Waals surface area contributed by atoms with Crippen molar-refractivity contribution in [2.75, 3.05) is 12.4 Å². The lowest BCUT2D eigenvalue weighted by atomic mass is 10.1. The first-order valence-corrected chi connectivity index (χ1v) is 8.81. The minimum atomic E-state index is -4.08. The van der Waals surface area contributed by atoms with Crippen molar-refractivity contribution in [2.45, 2.75) is 9.79 Å². The Hall–Kier alpha value is -2.14. The maximum atomic E-state index is 12.2. The number of carbonyl (C=O) groups excluding carboxylic acids is 2. The van der Waals surface area contributed by atoms with E-state index in [0.717, 1.165) is 0 Å². The molecule has 0 aliphatic heterocycles. The summed E-state index contributed by atoms with van der Waals surface area (Å²) < 4.78 is 29.1. The molecule has 2 rings (SSSR count). The van der Waals surface area contributed by atoms with Gasteiger partial charge < -0.3 is 24.2 Å². The minimum Gasteiger partial charge on any atom is -0.723 e. The summed E-state index contributed by atoms with van der Waals surface area (Å²) in [7, 11) is -4.08. The van der Waals surface area contributed by atoms with Gasteiger partial charge in [0.15, 0.2) is 9.84 Å². The molecule has 8 nitrogen and oxygen atoms in total. The van der Waals surface area contributed by atoms with E-state index in [1.807, 2.05) is 0 Å². The van der Waals surface area contributed by atoms with E-state index in [0.29, 0.717) is 22.3 Å². The first-order valence-electron chi connectivity index (χ1n) is 6.41. The SMILES string of the molecule is O=C([O-])CS(=O)(=O)c1cccc2c(SOC(=O)CO[O-])cccc12. The van der Waals surface area contributed by atoms with Crippen LogP contribution in [0, 0.1) is 0 Å². The molecule has 2 aromatic carbocycles. The third-order valence-electron chi connectivity index (χ3n) is 2.89. The Morgan fingerprint density at radius 1 is 1.08 bits per heavy atom. The number of fused-ring (bicyclic) bond motifs is 1. The summed E-state index contributed by atoms with van der Waals surface area (Å²) in [6.45, 7) is -0.761. The molecule has 0 N–H and O–H groups in total. The maximum absolute atomic E-state index is 12.2. The van der Waals surface area contributed by atoms with Crippen molar-refractivity contribution < 1.29 is 37.4 Å². The largest absolute Gasteiger partial charge is 0.723 e. The van der Waals surface area contributed by atoms with Crippen LogP contribution in [0.3, 0.4) is 0 Å². The van der Waals surface area contributed by atoms with Gasteiger partial charge in [-0.15, -0.1) is 0 Å². The molecule has 0 radical (unpaired) electrons. The lowest BCUT2D eigenvalue weighted by Crippen LogP contribution is -2.30. The quantitative estimate of drug-likeness (QED) is 0.349. The maximum Gasteiger partial charge on any atom is 0.343 e. The van der Waals surface area contributed by atoms with Crippen LogP contribution in [0.1, 0.15) is 0 Å². The van der Waals surface area contributed by atoms with E-state index in [4.69, 9.17) is 4.18 Å². The summed E-state index contributed by atoms with van der Waals surface area (Å²) in [4.78, 5) is 25.5. The highest BCUT2D eigenvalue weighted by atomic mass is 32.2. The number of hydrogen-bond acceptors (Lipinski definition) is 9. The van der Waals surface area contributed by atoms with E-state index >= 15 is 0 Å². The highest BCUT2D eigenvalue weighted by Crippen LogP contribution is 2.32. The monoisotopic (exact) mass is 370 g/mol. The van der Waals surface area contributed by atoms with Gasteiger partial charge in [-0.05, 0) is 17.5 Å². The first-order chi connectivity index (χ1) is 11.3. The van der Waals surface area contributed by atoms with Gasteiger partial charge in [0, 0.05) is 5.39 Å². The van der Waals surface area contributed by atoms with Crippen molar-refractivity contribution in [3.05, 3.63) is 36.4 Å². The Morgan fingerprint density at radius 2 is 1.75 bits per heavy atom. The van der Waals surface area contributed by atoms with Crippen LogP contribution in [0.5, 0.6) is 0 Å². The summed E-state index contributed by atoms with van der Waals surface area (Å²) in [6, 6.07) is 8.93. The number of rotatable bonds is 7. The number of benzene rings is 2. The number of hydrogen-bond donors (Lipinski definition) is 0. The normalized spacial score (nSPS) is 11.4. The molecule has 24 heavy (non-hydrogen) atoms. The topological polar surface area (TPSA) is 133 Å². The van der Waals surface area contributed by atoms with Crippen molar-refractivity contribution in [1.29, 1.82) is 0 Å². The summed E-state index contributed by atoms with van der Waals surface area (Å²) in [5.74, 6) is -3.74. The molecule has 0 atom stereocenters. The summed E-state index contributed by atoms with van der Waals surface area (Å²) >= 11 is 0.639. The minimum absolute atomic E-state index is 0.166. The van der Waals surface area contributed by atoms with Crippen molar-refractivity contribution in [2.24, 2.45) is 0 Å². The predicted octanol–water partition coefficient (Wildman–Crippen LogP) is -0.794. The third-order valence-corrected chi connectivity index (χ3v) is 5.33. The Bertz CT molecular complexity index is 875. The average Bonchev–Trinajstić information content (AvgIpc) is 2.51. The van der Waals surface area contributed by atoms with Crippen LogP contribution in [0.4, 0.5) is 0 Å². The number of carboxylic acid groups (broad SMARTS) is 1. The van der Waals surface area contributed by atoms with Crippen LogP contribution < -0.4 is 10.4 Å². The van der Waals surface area contributed by atoms with Gasteiger partial charge in [0.1, 0.15) is 6.61 Å². The molecule has 0 aromatic heterocycles. The van der Waals surface area contributed by atoms with Gasteiger partial charge in [0.05, 0.1) is 33.6 Å². The fourth-order valence-electron chi connectivity index (χ4n) is 1.99. The van der Waals surface area contributed by atoms with Crippen LogP contribution in [0.2, 0.25) is 0 Å². The van der Waals surface area contributed by atoms with Crippen LogP contribution in [0.25, 0.3) is 10.8 Å². The van der Waals surface area contributed by atoms with Gasteiger partial charge in [0.2, 0.25) is 0 Å². The summed E-state index contributed by atoms with van der Waals surface area (Å²) in [5, 5.41) is 21.2. The molecule has 0 amide bonds. The molecule has 0 saturated heterocycles. The molecule has 0 aliphatic rings. The zero-order valence-electron chi connectivity index (χ0n) is 12.0. The average molecular weight is 370 g/mol. The highest BCUT2D eigenvalue weighted by molar-refractivity contribution is 7.95. The molecule has 0 bridgehead atoms. The fraction of sp³-hybridized carbons (Fsp3) is 0.143. The number of carbonyl (C=O) groups is 2. The second-order valence-electron chi connectivity index (χ2n) is 4.54. The van der Waals surface area contributed by atoms with Gasteiger partial charge in [-0.3, -0.25) is 0 Å². The molecule has 10 heteroatoms. The molecule has 0 spiro atoms. The molecule has 2 aromatic rings. The van der Waals surface area contributed by atoms with Crippen molar-refractivity contribution in [1.82, 2.24) is 0 Å². The van der Waals surface area contributed by atoms with E-state index in [9.17, 15) is 28.4 Å². The van der Waals surface area contributed by atoms with Crippen molar-refractivity contribution in [3.8, 4) is 0 Å². The zero-order chi connectivity index (χ0) is 17.7. The van der Waals surface area contributed by atoms with Gasteiger partial charge in [-0.1, -0.05) is 24.3 Å². The van der Waals surface area contributed by atoms with E-state index in [1.165, 1.54) is 24.3 Å². The second-order valence-corrected chi connectivity index (χ2v) is 7.27. The van der Waals surface area contributed by atoms with E-state index < -0.39 is 34.1 Å². The lowest BCUT2D eigenvalue weighted by molar-refractivity contribution is -0.685. The van der Waals surface area contributed by atoms with Crippen molar-refractivity contribution in [3.63, 3.8) is 0 Å². The Labute approximate surface area is 141 Å². The number of carboxylic acids is 1. The highest BCUT2D eigenvalue weighted by Gasteiger charge is 2.19. The number of sulfone groups is 1. The van der Waals surface area contributed by atoms with Gasteiger partial charge in [-0.25, -0.2) is 13.2 Å². The molecular weight excluding hydrogens is 360 g/mol. The lowest BCUT2D eigenvalue weighted by Gasteiger charge is -2.11. The molecule has 0 heterocycles. The Balaban J connectivity index is 2.43. The van der Waals surface area contributed by atoms with Gasteiger partial charge >= 0.3 is 5.97 Å². The standard InChI is InChI=1S/C14H12O8S2/c15-13(16)8-24(19,20)12-6-2-3-9-10(12)4-1-5-11(9)23-22-14(17)7-21-18/h1-6,18H,7-8H2,(H,15,16)/p-2. The van der Waals surface area contributed by atoms with Crippen LogP contribution in [-0.2, 0) is 28.5 Å². The molecule has 0 fully saturated rings. The van der Waals surface area contributed by atoms with Crippen LogP contribution in [-0.4, -0.2) is 32.7 Å². The first kappa shape index (κ1) is 18.2. The van der Waals surface area contributed by atoms with Crippen LogP contribution >= 0.6 is 12.0 Å². The molecule has 128 valence electrons. The van der Waals surface area contributed by atoms with E-state index in [-0.39, 0.29) is 10.3 Å². The van der Waals surface area contributed by atoms with Crippen molar-refractivity contribution >= 4 is 44.6 Å². The zero-order valence-corrected chi connectivity index (χ0v) is 13.6. The summed E-state index contributed by atoms with van der Waals surface area (Å²) in [5.41, 5.74) is 0. The van der Waals surface area contributed by atoms with Gasteiger partial charge in [0.25, 0.3) is 0 Å². The van der Waals surface area contributed by atoms with Crippen LogP contribution in [0.15, 0.2) is 46.2 Å². The van der Waals surface area contributed by atoms with Gasteiger partial charge in [-0.2, -0.15) is 0 Å². The van der Waals surface area contributed by atoms with E-state index in [2.05, 4.69) is 4.89 Å². The molecular formula is C14H10O8S2-2. The van der Waals surface area contributed by atoms with E-state index in [1.54, 1.807) is 12.1 Å². The Morgan fingerprint density at radius 3 is 2.42 bits per heavy atom.